The third-order valence-corrected chi connectivity index (χ3v) is 4.11. The largest absolute Gasteiger partial charge is 0.385 e. The zero-order chi connectivity index (χ0) is 17.6. The van der Waals surface area contributed by atoms with Gasteiger partial charge in [0.2, 0.25) is 0 Å². The van der Waals surface area contributed by atoms with Gasteiger partial charge in [-0.1, -0.05) is 28.1 Å². The molecule has 1 aromatic carbocycles. The Kier molecular flexibility index (Phi) is 5.62. The molecule has 0 aliphatic carbocycles. The molecule has 0 fully saturated rings. The highest BCUT2D eigenvalue weighted by Gasteiger charge is 2.12. The number of methoxy groups -OCH3 is 1. The lowest BCUT2D eigenvalue weighted by Crippen LogP contribution is -2.13. The van der Waals surface area contributed by atoms with Gasteiger partial charge in [-0.25, -0.2) is 0 Å². The number of nitrogens with one attached hydrogen (secondary N) is 2. The van der Waals surface area contributed by atoms with E-state index >= 15 is 0 Å². The van der Waals surface area contributed by atoms with Crippen LogP contribution in [0, 0.1) is 0 Å². The van der Waals surface area contributed by atoms with E-state index in [1.807, 2.05) is 30.5 Å². The van der Waals surface area contributed by atoms with Crippen molar-refractivity contribution in [2.45, 2.75) is 13.0 Å². The highest BCUT2D eigenvalue weighted by Crippen LogP contribution is 2.20. The fourth-order valence-corrected chi connectivity index (χ4v) is 2.58. The van der Waals surface area contributed by atoms with E-state index in [1.165, 1.54) is 0 Å². The first-order valence-electron chi connectivity index (χ1n) is 7.81. The summed E-state index contributed by atoms with van der Waals surface area (Å²) in [5.41, 5.74) is 2.02. The number of hydrogen-bond acceptors (Lipinski definition) is 4. The number of benzene rings is 1. The van der Waals surface area contributed by atoms with Gasteiger partial charge >= 0.3 is 0 Å². The number of carbonyl (C=O) groups is 1. The zero-order valence-electron chi connectivity index (χ0n) is 13.7. The summed E-state index contributed by atoms with van der Waals surface area (Å²) in [6, 6.07) is 11.2. The predicted octanol–water partition coefficient (Wildman–Crippen LogP) is 3.32. The molecule has 0 aliphatic rings. The Labute approximate surface area is 153 Å². The smallest absolute Gasteiger partial charge is 0.274 e. The maximum atomic E-state index is 12.3. The number of aryl methyl sites for hydroxylation is 1. The molecule has 3 aromatic rings. The Balaban J connectivity index is 1.63. The fraction of sp³-hybridized carbons (Fsp3) is 0.235. The van der Waals surface area contributed by atoms with Crippen molar-refractivity contribution in [3.05, 3.63) is 52.8 Å². The normalized spacial score (nSPS) is 10.8. The number of anilines is 1. The molecule has 1 amide bonds. The lowest BCUT2D eigenvalue weighted by atomic mass is 10.1. The Morgan fingerprint density at radius 2 is 2.12 bits per heavy atom. The van der Waals surface area contributed by atoms with E-state index in [0.29, 0.717) is 23.8 Å². The molecule has 25 heavy (non-hydrogen) atoms. The Bertz CT molecular complexity index is 841. The van der Waals surface area contributed by atoms with Crippen molar-refractivity contribution < 1.29 is 9.53 Å². The van der Waals surface area contributed by atoms with Crippen LogP contribution in [0.2, 0.25) is 0 Å². The number of aromatic amines is 1. The summed E-state index contributed by atoms with van der Waals surface area (Å²) >= 11 is 3.40. The average molecular weight is 404 g/mol. The Morgan fingerprint density at radius 1 is 1.32 bits per heavy atom. The van der Waals surface area contributed by atoms with Gasteiger partial charge in [-0.15, -0.1) is 0 Å². The Hall–Kier alpha value is -2.45. The molecule has 0 spiro atoms. The second kappa shape index (κ2) is 8.09. The van der Waals surface area contributed by atoms with Gasteiger partial charge in [0.1, 0.15) is 5.69 Å². The van der Waals surface area contributed by atoms with Crippen molar-refractivity contribution in [1.29, 1.82) is 0 Å². The van der Waals surface area contributed by atoms with Crippen molar-refractivity contribution in [1.82, 2.24) is 20.0 Å². The number of ether oxygens (including phenoxy) is 1. The van der Waals surface area contributed by atoms with Gasteiger partial charge in [0.15, 0.2) is 5.82 Å². The van der Waals surface area contributed by atoms with Crippen LogP contribution in [0.5, 0.6) is 0 Å². The molecular weight excluding hydrogens is 386 g/mol. The minimum atomic E-state index is -0.280. The molecule has 7 nitrogen and oxygen atoms in total. The first kappa shape index (κ1) is 17.4. The number of rotatable bonds is 7. The van der Waals surface area contributed by atoms with E-state index < -0.39 is 0 Å². The number of hydrogen-bond donors (Lipinski definition) is 2. The van der Waals surface area contributed by atoms with E-state index in [4.69, 9.17) is 4.74 Å². The molecule has 0 aliphatic heterocycles. The summed E-state index contributed by atoms with van der Waals surface area (Å²) in [6.07, 6.45) is 2.69. The standard InChI is InChI=1S/C17H18BrN5O2/c1-25-10-2-8-23-9-7-16(22-23)19-17(24)15-11-14(20-21-15)12-3-5-13(18)6-4-12/h3-7,9,11H,2,8,10H2,1H3,(H,20,21)(H,19,22,24). The van der Waals surface area contributed by atoms with Crippen LogP contribution in [0.4, 0.5) is 5.82 Å². The van der Waals surface area contributed by atoms with Crippen LogP contribution < -0.4 is 5.32 Å². The number of carbonyl (C=O) groups excluding carboxylic acids is 1. The molecule has 130 valence electrons. The molecule has 2 heterocycles. The maximum absolute atomic E-state index is 12.3. The SMILES string of the molecule is COCCCn1ccc(NC(=O)c2cc(-c3ccc(Br)cc3)n[nH]2)n1. The van der Waals surface area contributed by atoms with Gasteiger partial charge in [0, 0.05) is 42.6 Å². The van der Waals surface area contributed by atoms with Crippen molar-refractivity contribution >= 4 is 27.7 Å². The maximum Gasteiger partial charge on any atom is 0.274 e. The second-order valence-corrected chi connectivity index (χ2v) is 6.35. The Morgan fingerprint density at radius 3 is 2.88 bits per heavy atom. The van der Waals surface area contributed by atoms with Crippen LogP contribution in [-0.2, 0) is 11.3 Å². The predicted molar refractivity (Wildman–Crippen MR) is 98.4 cm³/mol. The van der Waals surface area contributed by atoms with E-state index in [0.717, 1.165) is 23.0 Å². The molecule has 8 heteroatoms. The molecule has 0 unspecified atom stereocenters. The van der Waals surface area contributed by atoms with Gasteiger partial charge in [0.25, 0.3) is 5.91 Å². The zero-order valence-corrected chi connectivity index (χ0v) is 15.3. The van der Waals surface area contributed by atoms with E-state index in [9.17, 15) is 4.79 Å². The summed E-state index contributed by atoms with van der Waals surface area (Å²) in [6.45, 7) is 1.41. The molecule has 2 N–H and O–H groups in total. The summed E-state index contributed by atoms with van der Waals surface area (Å²) in [4.78, 5) is 12.3. The van der Waals surface area contributed by atoms with Crippen molar-refractivity contribution in [3.63, 3.8) is 0 Å². The topological polar surface area (TPSA) is 84.8 Å². The lowest BCUT2D eigenvalue weighted by Gasteiger charge is -2.01. The summed E-state index contributed by atoms with van der Waals surface area (Å²) in [5.74, 6) is 0.222. The second-order valence-electron chi connectivity index (χ2n) is 5.44. The monoisotopic (exact) mass is 403 g/mol. The average Bonchev–Trinajstić information content (AvgIpc) is 3.25. The van der Waals surface area contributed by atoms with Gasteiger partial charge in [0.05, 0.1) is 5.69 Å². The minimum Gasteiger partial charge on any atom is -0.385 e. The molecule has 0 saturated heterocycles. The van der Waals surface area contributed by atoms with Gasteiger partial charge in [-0.2, -0.15) is 10.2 Å². The van der Waals surface area contributed by atoms with Crippen LogP contribution in [0.25, 0.3) is 11.3 Å². The highest BCUT2D eigenvalue weighted by atomic mass is 79.9. The molecule has 0 saturated carbocycles. The van der Waals surface area contributed by atoms with Gasteiger partial charge in [-0.05, 0) is 24.6 Å². The number of nitrogens with zero attached hydrogens (tertiary/aromatic N) is 3. The third-order valence-electron chi connectivity index (χ3n) is 3.58. The van der Waals surface area contributed by atoms with Crippen molar-refractivity contribution in [2.75, 3.05) is 19.0 Å². The molecule has 0 atom stereocenters. The van der Waals surface area contributed by atoms with Crippen LogP contribution in [-0.4, -0.2) is 39.6 Å². The molecule has 0 bridgehead atoms. The van der Waals surface area contributed by atoms with Crippen LogP contribution in [0.1, 0.15) is 16.9 Å². The third kappa shape index (κ3) is 4.55. The molecule has 3 rings (SSSR count). The van der Waals surface area contributed by atoms with Gasteiger partial charge < -0.3 is 10.1 Å². The highest BCUT2D eigenvalue weighted by molar-refractivity contribution is 9.10. The summed E-state index contributed by atoms with van der Waals surface area (Å²) in [7, 11) is 1.67. The van der Waals surface area contributed by atoms with Gasteiger partial charge in [-0.3, -0.25) is 14.6 Å². The quantitative estimate of drug-likeness (QED) is 0.592. The number of H-pyrrole nitrogens is 1. The number of aromatic nitrogens is 4. The van der Waals surface area contributed by atoms with Crippen molar-refractivity contribution in [2.24, 2.45) is 0 Å². The van der Waals surface area contributed by atoms with E-state index in [1.54, 1.807) is 23.9 Å². The van der Waals surface area contributed by atoms with E-state index in [-0.39, 0.29) is 5.91 Å². The van der Waals surface area contributed by atoms with E-state index in [2.05, 4.69) is 36.5 Å². The molecule has 0 radical (unpaired) electrons. The first-order valence-corrected chi connectivity index (χ1v) is 8.60. The first-order chi connectivity index (χ1) is 12.2. The van der Waals surface area contributed by atoms with Crippen molar-refractivity contribution in [3.8, 4) is 11.3 Å². The number of amides is 1. The fourth-order valence-electron chi connectivity index (χ4n) is 2.31. The van der Waals surface area contributed by atoms with Crippen LogP contribution in [0.15, 0.2) is 47.1 Å². The summed E-state index contributed by atoms with van der Waals surface area (Å²) < 4.78 is 7.78. The molecular formula is C17H18BrN5O2. The summed E-state index contributed by atoms with van der Waals surface area (Å²) in [5, 5.41) is 14.0. The lowest BCUT2D eigenvalue weighted by molar-refractivity contribution is 0.102. The van der Waals surface area contributed by atoms with Crippen LogP contribution in [0.3, 0.4) is 0 Å². The molecule has 2 aromatic heterocycles. The minimum absolute atomic E-state index is 0.280. The van der Waals surface area contributed by atoms with Crippen LogP contribution >= 0.6 is 15.9 Å². The number of halogens is 1.